The SMILES string of the molecule is Cc1ccc(C(C(=O)O)(C(=O)O)C(C)(C)C)c(N)c1C(C)(C)C. The van der Waals surface area contributed by atoms with Crippen molar-refractivity contribution in [3.05, 3.63) is 28.8 Å². The fraction of sp³-hybridized carbons (Fsp3) is 0.556. The van der Waals surface area contributed by atoms with Gasteiger partial charge >= 0.3 is 11.9 Å². The van der Waals surface area contributed by atoms with Gasteiger partial charge in [-0.25, -0.2) is 0 Å². The van der Waals surface area contributed by atoms with E-state index in [1.807, 2.05) is 27.7 Å². The third-order valence-electron chi connectivity index (χ3n) is 4.37. The molecule has 0 aliphatic rings. The lowest BCUT2D eigenvalue weighted by molar-refractivity contribution is -0.164. The standard InChI is InChI=1S/C18H27NO4/c1-10-8-9-11(13(19)12(10)16(2,3)4)18(14(20)21,15(22)23)17(5,6)7/h8-9H,19H2,1-7H3,(H,20,21)(H,22,23). The Hall–Kier alpha value is -2.04. The Kier molecular flexibility index (Phi) is 4.59. The molecule has 5 heteroatoms. The minimum atomic E-state index is -2.12. The number of carboxylic acid groups (broad SMARTS) is 2. The molecule has 0 atom stereocenters. The quantitative estimate of drug-likeness (QED) is 0.585. The van der Waals surface area contributed by atoms with Crippen LogP contribution in [0, 0.1) is 12.3 Å². The highest BCUT2D eigenvalue weighted by Gasteiger charge is 2.58. The summed E-state index contributed by atoms with van der Waals surface area (Å²) < 4.78 is 0. The van der Waals surface area contributed by atoms with Crippen LogP contribution in [0.2, 0.25) is 0 Å². The van der Waals surface area contributed by atoms with E-state index in [-0.39, 0.29) is 16.7 Å². The number of hydrogen-bond acceptors (Lipinski definition) is 3. The predicted molar refractivity (Wildman–Crippen MR) is 90.7 cm³/mol. The average Bonchev–Trinajstić information content (AvgIpc) is 2.28. The fourth-order valence-electron chi connectivity index (χ4n) is 3.42. The van der Waals surface area contributed by atoms with Gasteiger partial charge in [0.05, 0.1) is 0 Å². The smallest absolute Gasteiger partial charge is 0.326 e. The van der Waals surface area contributed by atoms with E-state index in [9.17, 15) is 19.8 Å². The molecule has 0 aliphatic heterocycles. The summed E-state index contributed by atoms with van der Waals surface area (Å²) in [4.78, 5) is 24.1. The van der Waals surface area contributed by atoms with Crippen LogP contribution in [0.4, 0.5) is 5.69 Å². The molecule has 0 saturated heterocycles. The third kappa shape index (κ3) is 2.80. The normalized spacial score (nSPS) is 13.0. The largest absolute Gasteiger partial charge is 0.480 e. The van der Waals surface area contributed by atoms with Crippen LogP contribution in [0.25, 0.3) is 0 Å². The van der Waals surface area contributed by atoms with Crippen LogP contribution in [0.15, 0.2) is 12.1 Å². The van der Waals surface area contributed by atoms with Crippen molar-refractivity contribution in [3.8, 4) is 0 Å². The molecule has 0 heterocycles. The van der Waals surface area contributed by atoms with E-state index in [1.54, 1.807) is 26.8 Å². The van der Waals surface area contributed by atoms with Crippen molar-refractivity contribution >= 4 is 17.6 Å². The second kappa shape index (κ2) is 5.55. The molecule has 1 rings (SSSR count). The zero-order valence-corrected chi connectivity index (χ0v) is 14.9. The van der Waals surface area contributed by atoms with E-state index in [0.717, 1.165) is 11.1 Å². The van der Waals surface area contributed by atoms with Gasteiger partial charge in [-0.15, -0.1) is 0 Å². The first-order valence-electron chi connectivity index (χ1n) is 7.55. The molecule has 0 saturated carbocycles. The molecule has 23 heavy (non-hydrogen) atoms. The van der Waals surface area contributed by atoms with Crippen LogP contribution in [-0.4, -0.2) is 22.2 Å². The summed E-state index contributed by atoms with van der Waals surface area (Å²) in [6.07, 6.45) is 0. The van der Waals surface area contributed by atoms with Crippen LogP contribution >= 0.6 is 0 Å². The zero-order valence-electron chi connectivity index (χ0n) is 14.9. The Balaban J connectivity index is 3.99. The van der Waals surface area contributed by atoms with E-state index in [4.69, 9.17) is 5.73 Å². The van der Waals surface area contributed by atoms with Crippen LogP contribution in [0.1, 0.15) is 58.2 Å². The molecular formula is C18H27NO4. The summed E-state index contributed by atoms with van der Waals surface area (Å²) in [6.45, 7) is 12.6. The van der Waals surface area contributed by atoms with E-state index in [1.165, 1.54) is 6.07 Å². The number of nitrogen functional groups attached to an aromatic ring is 1. The number of nitrogens with two attached hydrogens (primary N) is 1. The van der Waals surface area contributed by atoms with Crippen molar-refractivity contribution in [2.75, 3.05) is 5.73 Å². The number of aryl methyl sites for hydroxylation is 1. The van der Waals surface area contributed by atoms with Gasteiger partial charge in [-0.3, -0.25) is 9.59 Å². The molecule has 0 aromatic heterocycles. The molecular weight excluding hydrogens is 294 g/mol. The molecule has 4 N–H and O–H groups in total. The average molecular weight is 321 g/mol. The molecule has 0 fully saturated rings. The van der Waals surface area contributed by atoms with E-state index < -0.39 is 22.8 Å². The summed E-state index contributed by atoms with van der Waals surface area (Å²) in [5.41, 5.74) is 4.87. The molecule has 0 unspecified atom stereocenters. The number of anilines is 1. The fourth-order valence-corrected chi connectivity index (χ4v) is 3.42. The molecule has 1 aromatic carbocycles. The first kappa shape index (κ1) is 19.0. The molecule has 0 amide bonds. The topological polar surface area (TPSA) is 101 Å². The monoisotopic (exact) mass is 321 g/mol. The lowest BCUT2D eigenvalue weighted by Crippen LogP contribution is -2.54. The van der Waals surface area contributed by atoms with Gasteiger partial charge < -0.3 is 15.9 Å². The van der Waals surface area contributed by atoms with Crippen molar-refractivity contribution in [1.82, 2.24) is 0 Å². The van der Waals surface area contributed by atoms with Crippen LogP contribution in [0.5, 0.6) is 0 Å². The van der Waals surface area contributed by atoms with Gasteiger partial charge in [0.2, 0.25) is 0 Å². The van der Waals surface area contributed by atoms with Crippen LogP contribution < -0.4 is 5.73 Å². The molecule has 5 nitrogen and oxygen atoms in total. The second-order valence-electron chi connectivity index (χ2n) is 8.08. The number of carboxylic acids is 2. The van der Waals surface area contributed by atoms with Gasteiger partial charge in [-0.05, 0) is 28.9 Å². The highest BCUT2D eigenvalue weighted by atomic mass is 16.4. The number of aliphatic carboxylic acids is 2. The molecule has 0 bridgehead atoms. The molecule has 1 aromatic rings. The summed E-state index contributed by atoms with van der Waals surface area (Å²) in [5, 5.41) is 19.7. The van der Waals surface area contributed by atoms with E-state index >= 15 is 0 Å². The van der Waals surface area contributed by atoms with Gasteiger partial charge in [0.1, 0.15) is 0 Å². The Morgan fingerprint density at radius 2 is 1.39 bits per heavy atom. The van der Waals surface area contributed by atoms with E-state index in [0.29, 0.717) is 0 Å². The zero-order chi connectivity index (χ0) is 18.4. The van der Waals surface area contributed by atoms with E-state index in [2.05, 4.69) is 0 Å². The minimum absolute atomic E-state index is 0.139. The number of benzene rings is 1. The Labute approximate surface area is 137 Å². The van der Waals surface area contributed by atoms with Crippen molar-refractivity contribution < 1.29 is 19.8 Å². The maximum absolute atomic E-state index is 12.1. The lowest BCUT2D eigenvalue weighted by atomic mass is 9.61. The number of carbonyl (C=O) groups is 2. The minimum Gasteiger partial charge on any atom is -0.480 e. The van der Waals surface area contributed by atoms with Gasteiger partial charge in [0, 0.05) is 11.3 Å². The molecule has 128 valence electrons. The first-order valence-corrected chi connectivity index (χ1v) is 7.55. The number of hydrogen-bond donors (Lipinski definition) is 3. The van der Waals surface area contributed by atoms with Crippen molar-refractivity contribution in [2.24, 2.45) is 5.41 Å². The van der Waals surface area contributed by atoms with Gasteiger partial charge in [0.15, 0.2) is 5.41 Å². The van der Waals surface area contributed by atoms with Crippen molar-refractivity contribution in [3.63, 3.8) is 0 Å². The van der Waals surface area contributed by atoms with Gasteiger partial charge in [-0.2, -0.15) is 0 Å². The Morgan fingerprint density at radius 3 is 1.70 bits per heavy atom. The summed E-state index contributed by atoms with van der Waals surface area (Å²) >= 11 is 0. The highest BCUT2D eigenvalue weighted by Crippen LogP contribution is 2.47. The predicted octanol–water partition coefficient (Wildman–Crippen LogP) is 3.33. The van der Waals surface area contributed by atoms with Crippen LogP contribution in [0.3, 0.4) is 0 Å². The maximum atomic E-state index is 12.1. The Bertz CT molecular complexity index is 634. The third-order valence-corrected chi connectivity index (χ3v) is 4.37. The molecule has 0 aliphatic carbocycles. The van der Waals surface area contributed by atoms with Crippen molar-refractivity contribution in [2.45, 2.75) is 59.3 Å². The maximum Gasteiger partial charge on any atom is 0.326 e. The van der Waals surface area contributed by atoms with Gasteiger partial charge in [-0.1, -0.05) is 53.7 Å². The highest BCUT2D eigenvalue weighted by molar-refractivity contribution is 6.07. The summed E-state index contributed by atoms with van der Waals surface area (Å²) in [5.74, 6) is -2.82. The summed E-state index contributed by atoms with van der Waals surface area (Å²) in [6, 6.07) is 3.28. The molecule has 0 spiro atoms. The number of rotatable bonds is 3. The second-order valence-corrected chi connectivity index (χ2v) is 8.08. The first-order chi connectivity index (χ1) is 10.2. The summed E-state index contributed by atoms with van der Waals surface area (Å²) in [7, 11) is 0. The van der Waals surface area contributed by atoms with Gasteiger partial charge in [0.25, 0.3) is 0 Å². The lowest BCUT2D eigenvalue weighted by Gasteiger charge is -2.39. The van der Waals surface area contributed by atoms with Crippen LogP contribution in [-0.2, 0) is 20.4 Å². The molecule has 0 radical (unpaired) electrons. The Morgan fingerprint density at radius 1 is 0.957 bits per heavy atom. The van der Waals surface area contributed by atoms with Crippen molar-refractivity contribution in [1.29, 1.82) is 0 Å².